The van der Waals surface area contributed by atoms with Gasteiger partial charge in [-0.15, -0.1) is 0 Å². The first-order valence-corrected chi connectivity index (χ1v) is 7.48. The maximum Gasteiger partial charge on any atom is 0.240 e. The minimum absolute atomic E-state index is 0.0285. The third-order valence-electron chi connectivity index (χ3n) is 2.51. The molecule has 19 heavy (non-hydrogen) atoms. The second-order valence-corrected chi connectivity index (χ2v) is 6.34. The average molecular weight is 301 g/mol. The standard InChI is InChI=1S/C12H13ClN2O3S/c1-8(16)7-14-19(17,18)10-3-4-11-9(6-10)2-5-12(13)15-11/h2-6,8,14,16H,7H2,1H3/t8-/m1/s1. The van der Waals surface area contributed by atoms with Crippen LogP contribution in [-0.2, 0) is 10.0 Å². The molecule has 0 amide bonds. The number of hydrogen-bond donors (Lipinski definition) is 2. The van der Waals surface area contributed by atoms with Crippen LogP contribution >= 0.6 is 11.6 Å². The number of pyridine rings is 1. The maximum absolute atomic E-state index is 12.0. The molecule has 0 saturated heterocycles. The molecule has 2 N–H and O–H groups in total. The van der Waals surface area contributed by atoms with Gasteiger partial charge in [-0.3, -0.25) is 0 Å². The van der Waals surface area contributed by atoms with Crippen molar-refractivity contribution in [3.63, 3.8) is 0 Å². The molecule has 2 aromatic rings. The van der Waals surface area contributed by atoms with Crippen molar-refractivity contribution in [2.45, 2.75) is 17.9 Å². The van der Waals surface area contributed by atoms with Gasteiger partial charge in [-0.05, 0) is 37.3 Å². The van der Waals surface area contributed by atoms with Crippen LogP contribution in [0, 0.1) is 0 Å². The number of nitrogens with one attached hydrogen (secondary N) is 1. The Kier molecular flexibility index (Phi) is 4.05. The number of fused-ring (bicyclic) bond motifs is 1. The summed E-state index contributed by atoms with van der Waals surface area (Å²) in [5.41, 5.74) is 0.627. The number of aliphatic hydroxyl groups is 1. The molecule has 5 nitrogen and oxygen atoms in total. The topological polar surface area (TPSA) is 79.3 Å². The van der Waals surface area contributed by atoms with Crippen LogP contribution in [0.25, 0.3) is 10.9 Å². The lowest BCUT2D eigenvalue weighted by molar-refractivity contribution is 0.198. The Labute approximate surface area is 116 Å². The molecular formula is C12H13ClN2O3S. The number of aromatic nitrogens is 1. The summed E-state index contributed by atoms with van der Waals surface area (Å²) < 4.78 is 26.3. The van der Waals surface area contributed by atoms with Crippen molar-refractivity contribution in [2.75, 3.05) is 6.54 Å². The van der Waals surface area contributed by atoms with E-state index in [-0.39, 0.29) is 11.4 Å². The molecule has 1 aromatic carbocycles. The van der Waals surface area contributed by atoms with Crippen molar-refractivity contribution in [2.24, 2.45) is 0 Å². The minimum Gasteiger partial charge on any atom is -0.392 e. The SMILES string of the molecule is C[C@@H](O)CNS(=O)(=O)c1ccc2nc(Cl)ccc2c1. The fourth-order valence-electron chi connectivity index (χ4n) is 1.56. The highest BCUT2D eigenvalue weighted by molar-refractivity contribution is 7.89. The third-order valence-corrected chi connectivity index (χ3v) is 4.14. The molecule has 2 rings (SSSR count). The summed E-state index contributed by atoms with van der Waals surface area (Å²) in [6.45, 7) is 1.48. The zero-order valence-corrected chi connectivity index (χ0v) is 11.7. The van der Waals surface area contributed by atoms with Crippen LogP contribution in [0.5, 0.6) is 0 Å². The summed E-state index contributed by atoms with van der Waals surface area (Å²) in [6.07, 6.45) is -0.740. The van der Waals surface area contributed by atoms with Crippen LogP contribution in [0.15, 0.2) is 35.2 Å². The van der Waals surface area contributed by atoms with E-state index in [1.165, 1.54) is 19.1 Å². The van der Waals surface area contributed by atoms with Gasteiger partial charge in [0.25, 0.3) is 0 Å². The minimum atomic E-state index is -3.63. The molecule has 0 fully saturated rings. The zero-order valence-electron chi connectivity index (χ0n) is 10.2. The Bertz CT molecular complexity index is 701. The lowest BCUT2D eigenvalue weighted by Crippen LogP contribution is -2.30. The number of halogens is 1. The monoisotopic (exact) mass is 300 g/mol. The summed E-state index contributed by atoms with van der Waals surface area (Å²) in [7, 11) is -3.63. The first-order chi connectivity index (χ1) is 8.88. The van der Waals surface area contributed by atoms with Crippen LogP contribution in [-0.4, -0.2) is 31.2 Å². The fraction of sp³-hybridized carbons (Fsp3) is 0.250. The molecule has 0 radical (unpaired) electrons. The van der Waals surface area contributed by atoms with Gasteiger partial charge in [0.2, 0.25) is 10.0 Å². The van der Waals surface area contributed by atoms with Crippen LogP contribution in [0.2, 0.25) is 5.15 Å². The molecule has 102 valence electrons. The Morgan fingerprint density at radius 2 is 2.11 bits per heavy atom. The second-order valence-electron chi connectivity index (χ2n) is 4.19. The van der Waals surface area contributed by atoms with Gasteiger partial charge in [-0.2, -0.15) is 0 Å². The number of rotatable bonds is 4. The van der Waals surface area contributed by atoms with E-state index in [0.29, 0.717) is 16.1 Å². The summed E-state index contributed by atoms with van der Waals surface area (Å²) in [5.74, 6) is 0. The van der Waals surface area contributed by atoms with Gasteiger partial charge in [0.15, 0.2) is 0 Å². The number of benzene rings is 1. The molecular weight excluding hydrogens is 288 g/mol. The van der Waals surface area contributed by atoms with E-state index in [2.05, 4.69) is 9.71 Å². The fourth-order valence-corrected chi connectivity index (χ4v) is 2.87. The van der Waals surface area contributed by atoms with Crippen LogP contribution < -0.4 is 4.72 Å². The highest BCUT2D eigenvalue weighted by atomic mass is 35.5. The van der Waals surface area contributed by atoms with Crippen molar-refractivity contribution in [1.29, 1.82) is 0 Å². The van der Waals surface area contributed by atoms with Crippen LogP contribution in [0.4, 0.5) is 0 Å². The molecule has 1 aromatic heterocycles. The van der Waals surface area contributed by atoms with E-state index in [1.54, 1.807) is 18.2 Å². The molecule has 0 aliphatic rings. The largest absolute Gasteiger partial charge is 0.392 e. The molecule has 1 atom stereocenters. The zero-order chi connectivity index (χ0) is 14.0. The van der Waals surface area contributed by atoms with Crippen molar-refractivity contribution >= 4 is 32.5 Å². The van der Waals surface area contributed by atoms with Crippen molar-refractivity contribution in [1.82, 2.24) is 9.71 Å². The highest BCUT2D eigenvalue weighted by Gasteiger charge is 2.15. The molecule has 0 aliphatic heterocycles. The molecule has 0 saturated carbocycles. The first-order valence-electron chi connectivity index (χ1n) is 5.62. The first kappa shape index (κ1) is 14.2. The van der Waals surface area contributed by atoms with Gasteiger partial charge in [-0.1, -0.05) is 11.6 Å². The van der Waals surface area contributed by atoms with Gasteiger partial charge >= 0.3 is 0 Å². The highest BCUT2D eigenvalue weighted by Crippen LogP contribution is 2.19. The normalized spacial score (nSPS) is 13.6. The van der Waals surface area contributed by atoms with Gasteiger partial charge in [0.05, 0.1) is 16.5 Å². The number of sulfonamides is 1. The predicted octanol–water partition coefficient (Wildman–Crippen LogP) is 1.55. The molecule has 7 heteroatoms. The second kappa shape index (κ2) is 5.42. The third kappa shape index (κ3) is 3.42. The van der Waals surface area contributed by atoms with Gasteiger partial charge < -0.3 is 5.11 Å². The summed E-state index contributed by atoms with van der Waals surface area (Å²) in [5, 5.41) is 10.2. The van der Waals surface area contributed by atoms with E-state index < -0.39 is 16.1 Å². The van der Waals surface area contributed by atoms with E-state index in [1.807, 2.05) is 0 Å². The summed E-state index contributed by atoms with van der Waals surface area (Å²) >= 11 is 5.76. The van der Waals surface area contributed by atoms with Crippen molar-refractivity contribution < 1.29 is 13.5 Å². The quantitative estimate of drug-likeness (QED) is 0.840. The smallest absolute Gasteiger partial charge is 0.240 e. The van der Waals surface area contributed by atoms with E-state index in [0.717, 1.165) is 0 Å². The van der Waals surface area contributed by atoms with Crippen LogP contribution in [0.3, 0.4) is 0 Å². The molecule has 0 unspecified atom stereocenters. The number of hydrogen-bond acceptors (Lipinski definition) is 4. The van der Waals surface area contributed by atoms with Gasteiger partial charge in [0, 0.05) is 11.9 Å². The summed E-state index contributed by atoms with van der Waals surface area (Å²) in [6, 6.07) is 7.87. The predicted molar refractivity (Wildman–Crippen MR) is 73.6 cm³/mol. The van der Waals surface area contributed by atoms with E-state index in [4.69, 9.17) is 16.7 Å². The van der Waals surface area contributed by atoms with Crippen molar-refractivity contribution in [3.05, 3.63) is 35.5 Å². The Balaban J connectivity index is 2.38. The van der Waals surface area contributed by atoms with Gasteiger partial charge in [0.1, 0.15) is 5.15 Å². The Morgan fingerprint density at radius 3 is 2.79 bits per heavy atom. The number of nitrogens with zero attached hydrogens (tertiary/aromatic N) is 1. The summed E-state index contributed by atoms with van der Waals surface area (Å²) in [4.78, 5) is 4.21. The lowest BCUT2D eigenvalue weighted by atomic mass is 10.2. The van der Waals surface area contributed by atoms with Crippen molar-refractivity contribution in [3.8, 4) is 0 Å². The maximum atomic E-state index is 12.0. The van der Waals surface area contributed by atoms with Gasteiger partial charge in [-0.25, -0.2) is 18.1 Å². The van der Waals surface area contributed by atoms with Crippen LogP contribution in [0.1, 0.15) is 6.92 Å². The molecule has 0 bridgehead atoms. The lowest BCUT2D eigenvalue weighted by Gasteiger charge is -2.09. The molecule has 0 aliphatic carbocycles. The molecule has 0 spiro atoms. The Morgan fingerprint density at radius 1 is 1.37 bits per heavy atom. The molecule has 1 heterocycles. The number of aliphatic hydroxyl groups excluding tert-OH is 1. The Hall–Kier alpha value is -1.21. The van der Waals surface area contributed by atoms with E-state index in [9.17, 15) is 8.42 Å². The average Bonchev–Trinajstić information content (AvgIpc) is 2.36. The van der Waals surface area contributed by atoms with E-state index >= 15 is 0 Å².